The number of rotatable bonds is 7. The Labute approximate surface area is 199 Å². The predicted octanol–water partition coefficient (Wildman–Crippen LogP) is 4.62. The third kappa shape index (κ3) is 5.55. The molecule has 1 fully saturated rings. The summed E-state index contributed by atoms with van der Waals surface area (Å²) < 4.78 is 33.3. The van der Waals surface area contributed by atoms with Crippen LogP contribution in [0, 0.1) is 0 Å². The lowest BCUT2D eigenvalue weighted by Crippen LogP contribution is -2.44. The van der Waals surface area contributed by atoms with Gasteiger partial charge in [-0.05, 0) is 60.9 Å². The SMILES string of the molecule is O=C(NCC1(c2cccc(Cl)c2)CCOCC1)c1cccc(NS(=O)(=O)c2ccccc2)c1. The average Bonchev–Trinajstić information content (AvgIpc) is 2.83. The number of anilines is 1. The van der Waals surface area contributed by atoms with E-state index in [-0.39, 0.29) is 16.2 Å². The van der Waals surface area contributed by atoms with Crippen molar-refractivity contribution < 1.29 is 17.9 Å². The third-order valence-electron chi connectivity index (χ3n) is 5.90. The molecule has 0 atom stereocenters. The summed E-state index contributed by atoms with van der Waals surface area (Å²) in [6, 6.07) is 22.3. The molecular formula is C25H25ClN2O4S. The van der Waals surface area contributed by atoms with Crippen molar-refractivity contribution in [3.63, 3.8) is 0 Å². The van der Waals surface area contributed by atoms with Crippen LogP contribution in [-0.2, 0) is 20.2 Å². The summed E-state index contributed by atoms with van der Waals surface area (Å²) in [5, 5.41) is 3.69. The van der Waals surface area contributed by atoms with E-state index in [1.54, 1.807) is 36.4 Å². The number of sulfonamides is 1. The smallest absolute Gasteiger partial charge is 0.261 e. The second-order valence-corrected chi connectivity index (χ2v) is 10.2. The Morgan fingerprint density at radius 1 is 0.939 bits per heavy atom. The van der Waals surface area contributed by atoms with Gasteiger partial charge in [0.05, 0.1) is 4.90 Å². The van der Waals surface area contributed by atoms with Gasteiger partial charge in [0, 0.05) is 41.4 Å². The first-order chi connectivity index (χ1) is 15.9. The van der Waals surface area contributed by atoms with Crippen molar-refractivity contribution in [1.82, 2.24) is 5.32 Å². The third-order valence-corrected chi connectivity index (χ3v) is 7.54. The van der Waals surface area contributed by atoms with Crippen molar-refractivity contribution in [3.05, 3.63) is 95.0 Å². The molecule has 8 heteroatoms. The summed E-state index contributed by atoms with van der Waals surface area (Å²) in [4.78, 5) is 13.1. The number of hydrogen-bond acceptors (Lipinski definition) is 4. The molecule has 2 N–H and O–H groups in total. The van der Waals surface area contributed by atoms with Gasteiger partial charge in [0.1, 0.15) is 0 Å². The standard InChI is InChI=1S/C25H25ClN2O4S/c26-21-8-5-7-20(17-21)25(12-14-32-15-13-25)18-27-24(29)19-6-4-9-22(16-19)28-33(30,31)23-10-2-1-3-11-23/h1-11,16-17,28H,12-15,18H2,(H,27,29). The van der Waals surface area contributed by atoms with Gasteiger partial charge < -0.3 is 10.1 Å². The van der Waals surface area contributed by atoms with Crippen molar-refractivity contribution >= 4 is 33.2 Å². The number of carbonyl (C=O) groups excluding carboxylic acids is 1. The first-order valence-corrected chi connectivity index (χ1v) is 12.5. The normalized spacial score (nSPS) is 15.5. The van der Waals surface area contributed by atoms with E-state index >= 15 is 0 Å². The fourth-order valence-electron chi connectivity index (χ4n) is 4.04. The lowest BCUT2D eigenvalue weighted by Gasteiger charge is -2.38. The molecule has 1 saturated heterocycles. The molecule has 0 saturated carbocycles. The van der Waals surface area contributed by atoms with Crippen molar-refractivity contribution in [3.8, 4) is 0 Å². The van der Waals surface area contributed by atoms with E-state index in [9.17, 15) is 13.2 Å². The molecule has 172 valence electrons. The molecule has 0 radical (unpaired) electrons. The lowest BCUT2D eigenvalue weighted by molar-refractivity contribution is 0.0487. The lowest BCUT2D eigenvalue weighted by atomic mass is 9.74. The molecule has 0 aliphatic carbocycles. The van der Waals surface area contributed by atoms with Crippen LogP contribution in [0.2, 0.25) is 5.02 Å². The zero-order valence-corrected chi connectivity index (χ0v) is 19.5. The molecule has 1 aliphatic rings. The molecule has 0 aromatic heterocycles. The van der Waals surface area contributed by atoms with E-state index in [4.69, 9.17) is 16.3 Å². The van der Waals surface area contributed by atoms with Gasteiger partial charge in [-0.3, -0.25) is 9.52 Å². The van der Waals surface area contributed by atoms with E-state index in [1.165, 1.54) is 18.2 Å². The second kappa shape index (κ2) is 9.95. The molecule has 0 unspecified atom stereocenters. The Morgan fingerprint density at radius 3 is 2.39 bits per heavy atom. The zero-order chi connectivity index (χ0) is 23.3. The quantitative estimate of drug-likeness (QED) is 0.512. The topological polar surface area (TPSA) is 84.5 Å². The average molecular weight is 485 g/mol. The number of nitrogens with one attached hydrogen (secondary N) is 2. The molecule has 0 bridgehead atoms. The van der Waals surface area contributed by atoms with Crippen molar-refractivity contribution in [1.29, 1.82) is 0 Å². The highest BCUT2D eigenvalue weighted by molar-refractivity contribution is 7.92. The minimum absolute atomic E-state index is 0.155. The van der Waals surface area contributed by atoms with Gasteiger partial charge in [-0.15, -0.1) is 0 Å². The Balaban J connectivity index is 1.49. The highest BCUT2D eigenvalue weighted by Crippen LogP contribution is 2.35. The number of amides is 1. The van der Waals surface area contributed by atoms with Crippen molar-refractivity contribution in [2.24, 2.45) is 0 Å². The maximum atomic E-state index is 13.0. The molecule has 33 heavy (non-hydrogen) atoms. The van der Waals surface area contributed by atoms with Crippen LogP contribution in [0.3, 0.4) is 0 Å². The molecule has 4 rings (SSSR count). The zero-order valence-electron chi connectivity index (χ0n) is 18.0. The first-order valence-electron chi connectivity index (χ1n) is 10.7. The second-order valence-electron chi connectivity index (χ2n) is 8.09. The summed E-state index contributed by atoms with van der Waals surface area (Å²) in [6.45, 7) is 1.65. The summed E-state index contributed by atoms with van der Waals surface area (Å²) in [5.41, 5.74) is 1.49. The van der Waals surface area contributed by atoms with Crippen LogP contribution in [0.5, 0.6) is 0 Å². The van der Waals surface area contributed by atoms with Gasteiger partial charge in [-0.25, -0.2) is 8.42 Å². The summed E-state index contributed by atoms with van der Waals surface area (Å²) in [5.74, 6) is -0.274. The largest absolute Gasteiger partial charge is 0.381 e. The number of benzene rings is 3. The number of halogens is 1. The minimum Gasteiger partial charge on any atom is -0.381 e. The van der Waals surface area contributed by atoms with E-state index < -0.39 is 10.0 Å². The van der Waals surface area contributed by atoms with E-state index in [2.05, 4.69) is 10.0 Å². The Kier molecular flexibility index (Phi) is 7.02. The van der Waals surface area contributed by atoms with Crippen LogP contribution in [0.4, 0.5) is 5.69 Å². The Morgan fingerprint density at radius 2 is 1.67 bits per heavy atom. The molecule has 1 heterocycles. The van der Waals surface area contributed by atoms with Gasteiger partial charge in [-0.1, -0.05) is 48.0 Å². The van der Waals surface area contributed by atoms with Gasteiger partial charge in [-0.2, -0.15) is 0 Å². The molecule has 1 aliphatic heterocycles. The van der Waals surface area contributed by atoms with Crippen LogP contribution in [-0.4, -0.2) is 34.1 Å². The predicted molar refractivity (Wildman–Crippen MR) is 129 cm³/mol. The monoisotopic (exact) mass is 484 g/mol. The van der Waals surface area contributed by atoms with Crippen molar-refractivity contribution in [2.75, 3.05) is 24.5 Å². The first kappa shape index (κ1) is 23.3. The molecule has 1 amide bonds. The minimum atomic E-state index is -3.74. The maximum Gasteiger partial charge on any atom is 0.261 e. The van der Waals surface area contributed by atoms with Gasteiger partial charge in [0.2, 0.25) is 0 Å². The van der Waals surface area contributed by atoms with E-state index in [1.807, 2.05) is 24.3 Å². The summed E-state index contributed by atoms with van der Waals surface area (Å²) in [6.07, 6.45) is 1.54. The molecule has 6 nitrogen and oxygen atoms in total. The van der Waals surface area contributed by atoms with Crippen LogP contribution in [0.25, 0.3) is 0 Å². The van der Waals surface area contributed by atoms with E-state index in [0.29, 0.717) is 36.0 Å². The number of carbonyl (C=O) groups is 1. The summed E-state index contributed by atoms with van der Waals surface area (Å²) in [7, 11) is -3.74. The van der Waals surface area contributed by atoms with E-state index in [0.717, 1.165) is 18.4 Å². The highest BCUT2D eigenvalue weighted by atomic mass is 35.5. The maximum absolute atomic E-state index is 13.0. The molecular weight excluding hydrogens is 460 g/mol. The van der Waals surface area contributed by atoms with Gasteiger partial charge >= 0.3 is 0 Å². The molecule has 3 aromatic rings. The number of ether oxygens (including phenoxy) is 1. The van der Waals surface area contributed by atoms with Crippen LogP contribution in [0.15, 0.2) is 83.8 Å². The van der Waals surface area contributed by atoms with Crippen LogP contribution < -0.4 is 10.0 Å². The Hall–Kier alpha value is -2.87. The van der Waals surface area contributed by atoms with Gasteiger partial charge in [0.15, 0.2) is 0 Å². The van der Waals surface area contributed by atoms with Gasteiger partial charge in [0.25, 0.3) is 15.9 Å². The number of hydrogen-bond donors (Lipinski definition) is 2. The fourth-order valence-corrected chi connectivity index (χ4v) is 5.30. The van der Waals surface area contributed by atoms with Crippen LogP contribution >= 0.6 is 11.6 Å². The fraction of sp³-hybridized carbons (Fsp3) is 0.240. The van der Waals surface area contributed by atoms with Crippen LogP contribution in [0.1, 0.15) is 28.8 Å². The Bertz CT molecular complexity index is 1230. The molecule has 3 aromatic carbocycles. The highest BCUT2D eigenvalue weighted by Gasteiger charge is 2.35. The van der Waals surface area contributed by atoms with Crippen molar-refractivity contribution in [2.45, 2.75) is 23.2 Å². The molecule has 0 spiro atoms. The summed E-state index contributed by atoms with van der Waals surface area (Å²) >= 11 is 6.22.